The fourth-order valence-electron chi connectivity index (χ4n) is 1.19. The summed E-state index contributed by atoms with van der Waals surface area (Å²) in [5.41, 5.74) is 0.925. The van der Waals surface area contributed by atoms with Crippen molar-refractivity contribution in [3.05, 3.63) is 35.9 Å². The Balaban J connectivity index is 0.00000137. The van der Waals surface area contributed by atoms with Crippen LogP contribution in [0.2, 0.25) is 0 Å². The van der Waals surface area contributed by atoms with E-state index >= 15 is 0 Å². The topological polar surface area (TPSA) is 63.6 Å². The SMILES string of the molecule is CC.O=C(O)CCCC(=O)OCc1ccccc1. The fraction of sp³-hybridized carbons (Fsp3) is 0.429. The van der Waals surface area contributed by atoms with Crippen LogP contribution in [0.1, 0.15) is 38.7 Å². The molecular weight excluding hydrogens is 232 g/mol. The summed E-state index contributed by atoms with van der Waals surface area (Å²) in [6.45, 7) is 4.24. The van der Waals surface area contributed by atoms with Gasteiger partial charge in [0.15, 0.2) is 0 Å². The fourth-order valence-corrected chi connectivity index (χ4v) is 1.19. The van der Waals surface area contributed by atoms with Gasteiger partial charge in [-0.05, 0) is 12.0 Å². The van der Waals surface area contributed by atoms with E-state index in [9.17, 15) is 9.59 Å². The molecule has 0 aliphatic heterocycles. The zero-order valence-corrected chi connectivity index (χ0v) is 10.9. The molecule has 1 N–H and O–H groups in total. The smallest absolute Gasteiger partial charge is 0.306 e. The first-order valence-corrected chi connectivity index (χ1v) is 6.10. The predicted octanol–water partition coefficient (Wildman–Crippen LogP) is 3.01. The summed E-state index contributed by atoms with van der Waals surface area (Å²) in [4.78, 5) is 21.4. The summed E-state index contributed by atoms with van der Waals surface area (Å²) in [5, 5.41) is 8.38. The van der Waals surface area contributed by atoms with Gasteiger partial charge < -0.3 is 9.84 Å². The Bertz CT molecular complexity index is 346. The molecule has 0 unspecified atom stereocenters. The van der Waals surface area contributed by atoms with E-state index in [0.29, 0.717) is 6.42 Å². The number of hydrogen-bond donors (Lipinski definition) is 1. The van der Waals surface area contributed by atoms with Crippen LogP contribution in [-0.2, 0) is 20.9 Å². The van der Waals surface area contributed by atoms with Crippen molar-refractivity contribution in [1.82, 2.24) is 0 Å². The Morgan fingerprint density at radius 1 is 1.11 bits per heavy atom. The maximum atomic E-state index is 11.2. The second-order valence-corrected chi connectivity index (χ2v) is 3.39. The van der Waals surface area contributed by atoms with Gasteiger partial charge in [0, 0.05) is 12.8 Å². The van der Waals surface area contributed by atoms with Gasteiger partial charge in [0.25, 0.3) is 0 Å². The summed E-state index contributed by atoms with van der Waals surface area (Å²) in [6.07, 6.45) is 0.475. The minimum absolute atomic E-state index is 0.000434. The molecule has 0 fully saturated rings. The number of carbonyl (C=O) groups is 2. The quantitative estimate of drug-likeness (QED) is 0.790. The number of ether oxygens (including phenoxy) is 1. The Morgan fingerprint density at radius 3 is 2.28 bits per heavy atom. The first kappa shape index (κ1) is 16.2. The molecule has 4 heteroatoms. The summed E-state index contributed by atoms with van der Waals surface area (Å²) in [5.74, 6) is -1.25. The Hall–Kier alpha value is -1.84. The molecule has 0 bridgehead atoms. The highest BCUT2D eigenvalue weighted by Crippen LogP contribution is 2.03. The summed E-state index contributed by atoms with van der Waals surface area (Å²) < 4.78 is 4.98. The van der Waals surface area contributed by atoms with Gasteiger partial charge >= 0.3 is 11.9 Å². The van der Waals surface area contributed by atoms with E-state index in [4.69, 9.17) is 9.84 Å². The molecule has 0 radical (unpaired) electrons. The second-order valence-electron chi connectivity index (χ2n) is 3.39. The molecule has 1 aromatic rings. The van der Waals surface area contributed by atoms with Crippen LogP contribution >= 0.6 is 0 Å². The van der Waals surface area contributed by atoms with Crippen LogP contribution in [0.5, 0.6) is 0 Å². The van der Waals surface area contributed by atoms with Gasteiger partial charge in [0.05, 0.1) is 0 Å². The van der Waals surface area contributed by atoms with Crippen molar-refractivity contribution < 1.29 is 19.4 Å². The van der Waals surface area contributed by atoms with Gasteiger partial charge in [-0.1, -0.05) is 44.2 Å². The number of rotatable bonds is 6. The van der Waals surface area contributed by atoms with Crippen molar-refractivity contribution in [1.29, 1.82) is 0 Å². The maximum absolute atomic E-state index is 11.2. The number of hydrogen-bond acceptors (Lipinski definition) is 3. The second kappa shape index (κ2) is 10.3. The molecule has 0 spiro atoms. The third kappa shape index (κ3) is 8.33. The van der Waals surface area contributed by atoms with Crippen molar-refractivity contribution >= 4 is 11.9 Å². The summed E-state index contributed by atoms with van der Waals surface area (Å²) >= 11 is 0. The molecule has 0 saturated carbocycles. The monoisotopic (exact) mass is 252 g/mol. The minimum atomic E-state index is -0.893. The number of carboxylic acids is 1. The van der Waals surface area contributed by atoms with Gasteiger partial charge in [0.1, 0.15) is 6.61 Å². The van der Waals surface area contributed by atoms with Crippen LogP contribution in [-0.4, -0.2) is 17.0 Å². The van der Waals surface area contributed by atoms with E-state index in [2.05, 4.69) is 0 Å². The lowest BCUT2D eigenvalue weighted by Gasteiger charge is -2.03. The molecule has 1 rings (SSSR count). The van der Waals surface area contributed by atoms with Crippen molar-refractivity contribution in [2.24, 2.45) is 0 Å². The number of benzene rings is 1. The molecule has 100 valence electrons. The van der Waals surface area contributed by atoms with E-state index in [1.807, 2.05) is 44.2 Å². The average Bonchev–Trinajstić information content (AvgIpc) is 2.39. The standard InChI is InChI=1S/C12H14O4.C2H6/c13-11(14)7-4-8-12(15)16-9-10-5-2-1-3-6-10;1-2/h1-3,5-6H,4,7-9H2,(H,13,14);1-2H3. The highest BCUT2D eigenvalue weighted by Gasteiger charge is 2.05. The van der Waals surface area contributed by atoms with Crippen LogP contribution in [0.3, 0.4) is 0 Å². The molecule has 0 aliphatic carbocycles. The van der Waals surface area contributed by atoms with Crippen LogP contribution in [0.4, 0.5) is 0 Å². The normalized spacial score (nSPS) is 9.00. The molecule has 1 aromatic carbocycles. The van der Waals surface area contributed by atoms with Gasteiger partial charge in [-0.15, -0.1) is 0 Å². The number of carbonyl (C=O) groups excluding carboxylic acids is 1. The number of aliphatic carboxylic acids is 1. The molecule has 0 saturated heterocycles. The van der Waals surface area contributed by atoms with Crippen molar-refractivity contribution in [3.8, 4) is 0 Å². The minimum Gasteiger partial charge on any atom is -0.481 e. The Kier molecular flexibility index (Phi) is 9.27. The molecule has 0 amide bonds. The first-order valence-electron chi connectivity index (χ1n) is 6.10. The van der Waals surface area contributed by atoms with Gasteiger partial charge in [-0.25, -0.2) is 0 Å². The third-order valence-electron chi connectivity index (χ3n) is 2.01. The largest absolute Gasteiger partial charge is 0.481 e. The Labute approximate surface area is 108 Å². The molecule has 4 nitrogen and oxygen atoms in total. The molecular formula is C14H20O4. The lowest BCUT2D eigenvalue weighted by atomic mass is 10.2. The van der Waals surface area contributed by atoms with Crippen molar-refractivity contribution in [3.63, 3.8) is 0 Å². The molecule has 0 aliphatic rings. The zero-order valence-electron chi connectivity index (χ0n) is 10.9. The van der Waals surface area contributed by atoms with E-state index in [-0.39, 0.29) is 25.4 Å². The van der Waals surface area contributed by atoms with E-state index in [0.717, 1.165) is 5.56 Å². The van der Waals surface area contributed by atoms with Crippen LogP contribution < -0.4 is 0 Å². The van der Waals surface area contributed by atoms with E-state index in [1.54, 1.807) is 0 Å². The van der Waals surface area contributed by atoms with Gasteiger partial charge in [-0.2, -0.15) is 0 Å². The zero-order chi connectivity index (χ0) is 13.8. The maximum Gasteiger partial charge on any atom is 0.306 e. The van der Waals surface area contributed by atoms with Gasteiger partial charge in [-0.3, -0.25) is 9.59 Å². The first-order chi connectivity index (χ1) is 8.68. The molecule has 0 heterocycles. The van der Waals surface area contributed by atoms with E-state index < -0.39 is 5.97 Å². The van der Waals surface area contributed by atoms with Gasteiger partial charge in [0.2, 0.25) is 0 Å². The van der Waals surface area contributed by atoms with E-state index in [1.165, 1.54) is 0 Å². The summed E-state index contributed by atoms with van der Waals surface area (Å²) in [7, 11) is 0. The third-order valence-corrected chi connectivity index (χ3v) is 2.01. The Morgan fingerprint density at radius 2 is 1.72 bits per heavy atom. The number of carboxylic acid groups (broad SMARTS) is 1. The highest BCUT2D eigenvalue weighted by atomic mass is 16.5. The molecule has 0 aromatic heterocycles. The summed E-state index contributed by atoms with van der Waals surface area (Å²) in [6, 6.07) is 9.36. The molecule has 0 atom stereocenters. The van der Waals surface area contributed by atoms with Crippen molar-refractivity contribution in [2.45, 2.75) is 39.7 Å². The lowest BCUT2D eigenvalue weighted by molar-refractivity contribution is -0.145. The number of esters is 1. The highest BCUT2D eigenvalue weighted by molar-refractivity contribution is 5.71. The predicted molar refractivity (Wildman–Crippen MR) is 69.1 cm³/mol. The van der Waals surface area contributed by atoms with Crippen LogP contribution in [0.15, 0.2) is 30.3 Å². The molecule has 18 heavy (non-hydrogen) atoms. The average molecular weight is 252 g/mol. The van der Waals surface area contributed by atoms with Crippen LogP contribution in [0, 0.1) is 0 Å². The van der Waals surface area contributed by atoms with Crippen molar-refractivity contribution in [2.75, 3.05) is 0 Å². The van der Waals surface area contributed by atoms with Crippen LogP contribution in [0.25, 0.3) is 0 Å². The lowest BCUT2D eigenvalue weighted by Crippen LogP contribution is -2.05.